The Labute approximate surface area is 140 Å². The largest absolute Gasteiger partial charge is 0.468 e. The Morgan fingerprint density at radius 2 is 1.96 bits per heavy atom. The number of hydrogen-bond donors (Lipinski definition) is 1. The highest BCUT2D eigenvalue weighted by molar-refractivity contribution is 6.30. The van der Waals surface area contributed by atoms with E-state index in [2.05, 4.69) is 10.2 Å². The molecule has 0 saturated carbocycles. The first-order chi connectivity index (χ1) is 11.2. The van der Waals surface area contributed by atoms with Crippen LogP contribution in [0.2, 0.25) is 5.02 Å². The van der Waals surface area contributed by atoms with Crippen molar-refractivity contribution in [1.29, 1.82) is 0 Å². The van der Waals surface area contributed by atoms with Crippen LogP contribution in [0.25, 0.3) is 0 Å². The van der Waals surface area contributed by atoms with Crippen molar-refractivity contribution < 1.29 is 13.9 Å². The van der Waals surface area contributed by atoms with E-state index in [0.717, 1.165) is 18.8 Å². The maximum absolute atomic E-state index is 12.3. The minimum Gasteiger partial charge on any atom is -0.468 e. The fourth-order valence-electron chi connectivity index (χ4n) is 2.67. The number of carbonyl (C=O) groups excluding carboxylic acids is 1. The molecule has 0 spiro atoms. The van der Waals surface area contributed by atoms with Crippen LogP contribution in [0, 0.1) is 0 Å². The second-order valence-corrected chi connectivity index (χ2v) is 5.83. The van der Waals surface area contributed by atoms with Gasteiger partial charge < -0.3 is 14.5 Å². The molecule has 122 valence electrons. The Kier molecular flexibility index (Phi) is 5.33. The third kappa shape index (κ3) is 4.13. The Bertz CT molecular complexity index is 622. The molecule has 1 aliphatic rings. The summed E-state index contributed by atoms with van der Waals surface area (Å²) >= 11 is 5.85. The maximum atomic E-state index is 12.3. The van der Waals surface area contributed by atoms with Crippen molar-refractivity contribution in [2.45, 2.75) is 6.04 Å². The predicted molar refractivity (Wildman–Crippen MR) is 87.6 cm³/mol. The molecule has 1 aromatic heterocycles. The summed E-state index contributed by atoms with van der Waals surface area (Å²) in [5, 5.41) is 3.59. The van der Waals surface area contributed by atoms with Crippen molar-refractivity contribution in [2.75, 3.05) is 32.8 Å². The third-order valence-corrected chi connectivity index (χ3v) is 4.17. The van der Waals surface area contributed by atoms with Gasteiger partial charge in [0.1, 0.15) is 5.76 Å². The van der Waals surface area contributed by atoms with Crippen LogP contribution in [0.1, 0.15) is 22.2 Å². The van der Waals surface area contributed by atoms with Gasteiger partial charge in [-0.1, -0.05) is 11.6 Å². The summed E-state index contributed by atoms with van der Waals surface area (Å²) in [6.07, 6.45) is 1.66. The van der Waals surface area contributed by atoms with E-state index in [1.807, 2.05) is 12.1 Å². The number of carbonyl (C=O) groups is 1. The topological polar surface area (TPSA) is 54.7 Å². The van der Waals surface area contributed by atoms with Crippen LogP contribution < -0.4 is 5.32 Å². The summed E-state index contributed by atoms with van der Waals surface area (Å²) in [4.78, 5) is 14.6. The van der Waals surface area contributed by atoms with Crippen LogP contribution in [-0.2, 0) is 4.74 Å². The summed E-state index contributed by atoms with van der Waals surface area (Å²) in [6, 6.07) is 10.7. The average molecular weight is 335 g/mol. The first-order valence-corrected chi connectivity index (χ1v) is 8.01. The van der Waals surface area contributed by atoms with Gasteiger partial charge in [0.05, 0.1) is 25.5 Å². The average Bonchev–Trinajstić information content (AvgIpc) is 3.11. The van der Waals surface area contributed by atoms with Crippen molar-refractivity contribution in [3.8, 4) is 0 Å². The Balaban J connectivity index is 1.66. The van der Waals surface area contributed by atoms with E-state index in [0.29, 0.717) is 30.3 Å². The van der Waals surface area contributed by atoms with Crippen LogP contribution >= 0.6 is 11.6 Å². The monoisotopic (exact) mass is 334 g/mol. The smallest absolute Gasteiger partial charge is 0.251 e. The molecular formula is C17H19ClN2O3. The number of ether oxygens (including phenoxy) is 1. The molecule has 2 heterocycles. The molecule has 1 amide bonds. The van der Waals surface area contributed by atoms with E-state index in [-0.39, 0.29) is 11.9 Å². The second-order valence-electron chi connectivity index (χ2n) is 5.40. The number of nitrogens with zero attached hydrogens (tertiary/aromatic N) is 1. The summed E-state index contributed by atoms with van der Waals surface area (Å²) in [6.45, 7) is 3.52. The van der Waals surface area contributed by atoms with Gasteiger partial charge in [-0.2, -0.15) is 0 Å². The Morgan fingerprint density at radius 3 is 2.61 bits per heavy atom. The van der Waals surface area contributed by atoms with Crippen molar-refractivity contribution in [2.24, 2.45) is 0 Å². The van der Waals surface area contributed by atoms with E-state index in [9.17, 15) is 4.79 Å². The highest BCUT2D eigenvalue weighted by Crippen LogP contribution is 2.22. The predicted octanol–water partition coefficient (Wildman–Crippen LogP) is 2.74. The molecule has 1 N–H and O–H groups in total. The number of nitrogens with one attached hydrogen (secondary N) is 1. The SMILES string of the molecule is O=C(NC[C@H](c1ccco1)N1CCOCC1)c1ccc(Cl)cc1. The summed E-state index contributed by atoms with van der Waals surface area (Å²) < 4.78 is 11.0. The van der Waals surface area contributed by atoms with Crippen molar-refractivity contribution in [3.05, 3.63) is 59.0 Å². The number of morpholine rings is 1. The fraction of sp³-hybridized carbons (Fsp3) is 0.353. The molecule has 23 heavy (non-hydrogen) atoms. The molecule has 2 aromatic rings. The molecule has 3 rings (SSSR count). The van der Waals surface area contributed by atoms with E-state index in [1.54, 1.807) is 30.5 Å². The van der Waals surface area contributed by atoms with E-state index < -0.39 is 0 Å². The van der Waals surface area contributed by atoms with E-state index in [4.69, 9.17) is 20.8 Å². The number of amides is 1. The Hall–Kier alpha value is -1.82. The number of hydrogen-bond acceptors (Lipinski definition) is 4. The number of benzene rings is 1. The lowest BCUT2D eigenvalue weighted by molar-refractivity contribution is 0.0118. The standard InChI is InChI=1S/C17H19ClN2O3/c18-14-5-3-13(4-6-14)17(21)19-12-15(16-2-1-9-23-16)20-7-10-22-11-8-20/h1-6,9,15H,7-8,10-12H2,(H,19,21)/t15-/m1/s1. The molecule has 0 aliphatic carbocycles. The maximum Gasteiger partial charge on any atom is 0.251 e. The lowest BCUT2D eigenvalue weighted by atomic mass is 10.1. The van der Waals surface area contributed by atoms with Crippen molar-refractivity contribution in [1.82, 2.24) is 10.2 Å². The third-order valence-electron chi connectivity index (χ3n) is 3.92. The zero-order chi connectivity index (χ0) is 16.1. The summed E-state index contributed by atoms with van der Waals surface area (Å²) in [5.41, 5.74) is 0.592. The van der Waals surface area contributed by atoms with Crippen LogP contribution in [-0.4, -0.2) is 43.7 Å². The second kappa shape index (κ2) is 7.64. The van der Waals surface area contributed by atoms with Crippen LogP contribution in [0.5, 0.6) is 0 Å². The molecule has 1 saturated heterocycles. The highest BCUT2D eigenvalue weighted by atomic mass is 35.5. The number of halogens is 1. The van der Waals surface area contributed by atoms with Gasteiger partial charge in [0, 0.05) is 30.2 Å². The molecule has 1 aliphatic heterocycles. The van der Waals surface area contributed by atoms with Gasteiger partial charge in [0.2, 0.25) is 0 Å². The summed E-state index contributed by atoms with van der Waals surface area (Å²) in [5.74, 6) is 0.731. The molecular weight excluding hydrogens is 316 g/mol. The van der Waals surface area contributed by atoms with Crippen LogP contribution in [0.4, 0.5) is 0 Å². The zero-order valence-corrected chi connectivity index (χ0v) is 13.5. The lowest BCUT2D eigenvalue weighted by Crippen LogP contribution is -2.43. The minimum absolute atomic E-state index is 0.00477. The van der Waals surface area contributed by atoms with Gasteiger partial charge in [0.15, 0.2) is 0 Å². The molecule has 6 heteroatoms. The van der Waals surface area contributed by atoms with Gasteiger partial charge in [-0.3, -0.25) is 9.69 Å². The Morgan fingerprint density at radius 1 is 1.22 bits per heavy atom. The van der Waals surface area contributed by atoms with E-state index in [1.165, 1.54) is 0 Å². The molecule has 0 radical (unpaired) electrons. The molecule has 1 atom stereocenters. The molecule has 0 unspecified atom stereocenters. The van der Waals surface area contributed by atoms with Crippen molar-refractivity contribution >= 4 is 17.5 Å². The molecule has 5 nitrogen and oxygen atoms in total. The van der Waals surface area contributed by atoms with Gasteiger partial charge in [-0.15, -0.1) is 0 Å². The lowest BCUT2D eigenvalue weighted by Gasteiger charge is -2.33. The van der Waals surface area contributed by atoms with Gasteiger partial charge in [-0.05, 0) is 36.4 Å². The number of furan rings is 1. The molecule has 1 fully saturated rings. The van der Waals surface area contributed by atoms with Crippen LogP contribution in [0.3, 0.4) is 0 Å². The summed E-state index contributed by atoms with van der Waals surface area (Å²) in [7, 11) is 0. The molecule has 1 aromatic carbocycles. The highest BCUT2D eigenvalue weighted by Gasteiger charge is 2.25. The fourth-order valence-corrected chi connectivity index (χ4v) is 2.80. The first-order valence-electron chi connectivity index (χ1n) is 7.63. The first kappa shape index (κ1) is 16.1. The van der Waals surface area contributed by atoms with Gasteiger partial charge >= 0.3 is 0 Å². The van der Waals surface area contributed by atoms with Gasteiger partial charge in [0.25, 0.3) is 5.91 Å². The minimum atomic E-state index is -0.119. The molecule has 0 bridgehead atoms. The quantitative estimate of drug-likeness (QED) is 0.913. The van der Waals surface area contributed by atoms with Gasteiger partial charge in [-0.25, -0.2) is 0 Å². The van der Waals surface area contributed by atoms with Crippen molar-refractivity contribution in [3.63, 3.8) is 0 Å². The zero-order valence-electron chi connectivity index (χ0n) is 12.7. The number of rotatable bonds is 5. The normalized spacial score (nSPS) is 16.9. The van der Waals surface area contributed by atoms with E-state index >= 15 is 0 Å². The van der Waals surface area contributed by atoms with Crippen LogP contribution in [0.15, 0.2) is 47.1 Å².